The molecule has 1 aliphatic rings. The molecular formula is C17H24IN5O2. The molecule has 1 aliphatic heterocycles. The lowest BCUT2D eigenvalue weighted by Gasteiger charge is -2.21. The molecule has 2 heterocycles. The number of ether oxygens (including phenoxy) is 2. The van der Waals surface area contributed by atoms with Crippen molar-refractivity contribution in [3.63, 3.8) is 0 Å². The predicted molar refractivity (Wildman–Crippen MR) is 108 cm³/mol. The Morgan fingerprint density at radius 1 is 1.32 bits per heavy atom. The van der Waals surface area contributed by atoms with Crippen molar-refractivity contribution < 1.29 is 9.47 Å². The van der Waals surface area contributed by atoms with Crippen LogP contribution in [-0.4, -0.2) is 48.1 Å². The minimum Gasteiger partial charge on any atom is -0.454 e. The van der Waals surface area contributed by atoms with Crippen molar-refractivity contribution in [2.24, 2.45) is 12.0 Å². The Hall–Kier alpha value is -1.97. The number of aromatic nitrogens is 2. The quantitative estimate of drug-likeness (QED) is 0.423. The number of guanidine groups is 1. The molecule has 3 rings (SSSR count). The molecule has 0 spiro atoms. The maximum Gasteiger partial charge on any atom is 0.231 e. The van der Waals surface area contributed by atoms with Crippen LogP contribution in [0.15, 0.2) is 35.6 Å². The number of hydrogen-bond donors (Lipinski definition) is 1. The first-order chi connectivity index (χ1) is 11.7. The number of fused-ring (bicyclic) bond motifs is 1. The average molecular weight is 457 g/mol. The van der Waals surface area contributed by atoms with Gasteiger partial charge in [0.1, 0.15) is 0 Å². The molecule has 0 saturated carbocycles. The molecule has 1 aromatic carbocycles. The van der Waals surface area contributed by atoms with E-state index in [9.17, 15) is 0 Å². The minimum atomic E-state index is 0. The molecule has 136 valence electrons. The first-order valence-corrected chi connectivity index (χ1v) is 7.93. The van der Waals surface area contributed by atoms with E-state index in [0.717, 1.165) is 42.5 Å². The summed E-state index contributed by atoms with van der Waals surface area (Å²) in [6.07, 6.45) is 4.77. The molecule has 0 radical (unpaired) electrons. The van der Waals surface area contributed by atoms with E-state index in [-0.39, 0.29) is 24.0 Å². The molecule has 8 heteroatoms. The number of aryl methyl sites for hydroxylation is 1. The molecule has 0 unspecified atom stereocenters. The topological polar surface area (TPSA) is 63.9 Å². The highest BCUT2D eigenvalue weighted by Crippen LogP contribution is 2.32. The van der Waals surface area contributed by atoms with Crippen LogP contribution in [0.25, 0.3) is 0 Å². The van der Waals surface area contributed by atoms with E-state index in [4.69, 9.17) is 9.47 Å². The van der Waals surface area contributed by atoms with Crippen LogP contribution in [0, 0.1) is 0 Å². The third-order valence-electron chi connectivity index (χ3n) is 3.89. The largest absolute Gasteiger partial charge is 0.454 e. The van der Waals surface area contributed by atoms with Crippen LogP contribution in [0.5, 0.6) is 11.5 Å². The summed E-state index contributed by atoms with van der Waals surface area (Å²) < 4.78 is 12.5. The van der Waals surface area contributed by atoms with Gasteiger partial charge in [0.15, 0.2) is 17.5 Å². The molecule has 1 aromatic heterocycles. The van der Waals surface area contributed by atoms with E-state index in [1.165, 1.54) is 5.56 Å². The third-order valence-corrected chi connectivity index (χ3v) is 3.89. The first-order valence-electron chi connectivity index (χ1n) is 7.93. The Kier molecular flexibility index (Phi) is 6.91. The second-order valence-corrected chi connectivity index (χ2v) is 5.79. The number of hydrogen-bond acceptors (Lipinski definition) is 4. The Labute approximate surface area is 165 Å². The summed E-state index contributed by atoms with van der Waals surface area (Å²) in [4.78, 5) is 6.42. The molecule has 0 atom stereocenters. The van der Waals surface area contributed by atoms with Crippen LogP contribution in [0.2, 0.25) is 0 Å². The predicted octanol–water partition coefficient (Wildman–Crippen LogP) is 2.02. The monoisotopic (exact) mass is 457 g/mol. The lowest BCUT2D eigenvalue weighted by Crippen LogP contribution is -2.39. The lowest BCUT2D eigenvalue weighted by atomic mass is 10.1. The summed E-state index contributed by atoms with van der Waals surface area (Å²) in [6, 6.07) is 6.06. The van der Waals surface area contributed by atoms with Crippen molar-refractivity contribution >= 4 is 29.9 Å². The van der Waals surface area contributed by atoms with Crippen LogP contribution in [0.4, 0.5) is 0 Å². The van der Waals surface area contributed by atoms with Crippen LogP contribution >= 0.6 is 24.0 Å². The zero-order chi connectivity index (χ0) is 16.9. The normalized spacial score (nSPS) is 12.7. The van der Waals surface area contributed by atoms with E-state index < -0.39 is 0 Å². The number of nitrogens with zero attached hydrogens (tertiary/aromatic N) is 4. The summed E-state index contributed by atoms with van der Waals surface area (Å²) in [7, 11) is 5.73. The number of benzene rings is 1. The van der Waals surface area contributed by atoms with Gasteiger partial charge in [0.05, 0.1) is 6.20 Å². The van der Waals surface area contributed by atoms with E-state index in [0.29, 0.717) is 6.79 Å². The van der Waals surface area contributed by atoms with E-state index in [2.05, 4.69) is 26.4 Å². The van der Waals surface area contributed by atoms with Crippen LogP contribution < -0.4 is 14.8 Å². The van der Waals surface area contributed by atoms with Gasteiger partial charge in [-0.2, -0.15) is 5.10 Å². The SMILES string of the molecule is CN=C(NCCc1ccc2c(c1)OCO2)N(C)Cc1cnn(C)c1.I. The first kappa shape index (κ1) is 19.4. The van der Waals surface area contributed by atoms with Crippen LogP contribution in [-0.2, 0) is 20.0 Å². The van der Waals surface area contributed by atoms with Gasteiger partial charge in [-0.05, 0) is 24.1 Å². The highest BCUT2D eigenvalue weighted by molar-refractivity contribution is 14.0. The molecule has 0 saturated heterocycles. The van der Waals surface area contributed by atoms with E-state index >= 15 is 0 Å². The van der Waals surface area contributed by atoms with Crippen LogP contribution in [0.3, 0.4) is 0 Å². The molecule has 0 fully saturated rings. The van der Waals surface area contributed by atoms with Gasteiger partial charge < -0.3 is 19.7 Å². The summed E-state index contributed by atoms with van der Waals surface area (Å²) in [5, 5.41) is 7.58. The van der Waals surface area contributed by atoms with E-state index in [1.807, 2.05) is 38.6 Å². The molecule has 0 amide bonds. The molecule has 7 nitrogen and oxygen atoms in total. The van der Waals surface area contributed by atoms with Gasteiger partial charge in [-0.1, -0.05) is 6.07 Å². The highest BCUT2D eigenvalue weighted by Gasteiger charge is 2.13. The summed E-state index contributed by atoms with van der Waals surface area (Å²) >= 11 is 0. The Bertz CT molecular complexity index is 732. The zero-order valence-corrected chi connectivity index (χ0v) is 17.1. The van der Waals surface area contributed by atoms with Crippen LogP contribution in [0.1, 0.15) is 11.1 Å². The number of rotatable bonds is 5. The maximum absolute atomic E-state index is 5.41. The summed E-state index contributed by atoms with van der Waals surface area (Å²) in [5.74, 6) is 2.50. The number of aliphatic imine (C=N–C) groups is 1. The van der Waals surface area contributed by atoms with Gasteiger partial charge in [0.2, 0.25) is 6.79 Å². The third kappa shape index (κ3) is 5.00. The highest BCUT2D eigenvalue weighted by atomic mass is 127. The van der Waals surface area contributed by atoms with Gasteiger partial charge in [-0.15, -0.1) is 24.0 Å². The zero-order valence-electron chi connectivity index (χ0n) is 14.7. The fourth-order valence-corrected chi connectivity index (χ4v) is 2.70. The van der Waals surface area contributed by atoms with Crippen molar-refractivity contribution in [1.29, 1.82) is 0 Å². The Morgan fingerprint density at radius 2 is 2.12 bits per heavy atom. The van der Waals surface area contributed by atoms with Gasteiger partial charge in [-0.25, -0.2) is 0 Å². The van der Waals surface area contributed by atoms with Crippen molar-refractivity contribution in [3.8, 4) is 11.5 Å². The molecule has 1 N–H and O–H groups in total. The fourth-order valence-electron chi connectivity index (χ4n) is 2.70. The van der Waals surface area contributed by atoms with Crippen molar-refractivity contribution in [1.82, 2.24) is 20.0 Å². The lowest BCUT2D eigenvalue weighted by molar-refractivity contribution is 0.174. The molecular weight excluding hydrogens is 433 g/mol. The molecule has 0 aliphatic carbocycles. The molecule has 25 heavy (non-hydrogen) atoms. The standard InChI is InChI=1S/C17H23N5O2.HI/c1-18-17(21(2)10-14-9-20-22(3)11-14)19-7-6-13-4-5-15-16(8-13)24-12-23-15;/h4-5,8-9,11H,6-7,10,12H2,1-3H3,(H,18,19);1H. The Morgan fingerprint density at radius 3 is 2.84 bits per heavy atom. The van der Waals surface area contributed by atoms with Gasteiger partial charge in [-0.3, -0.25) is 9.67 Å². The summed E-state index contributed by atoms with van der Waals surface area (Å²) in [5.41, 5.74) is 2.36. The Balaban J connectivity index is 0.00000225. The van der Waals surface area contributed by atoms with Gasteiger partial charge in [0, 0.05) is 46.0 Å². The molecule has 0 bridgehead atoms. The van der Waals surface area contributed by atoms with Crippen molar-refractivity contribution in [2.45, 2.75) is 13.0 Å². The van der Waals surface area contributed by atoms with Crippen molar-refractivity contribution in [2.75, 3.05) is 27.4 Å². The molecule has 2 aromatic rings. The number of halogens is 1. The summed E-state index contributed by atoms with van der Waals surface area (Å²) in [6.45, 7) is 1.87. The van der Waals surface area contributed by atoms with E-state index in [1.54, 1.807) is 11.7 Å². The van der Waals surface area contributed by atoms with Crippen molar-refractivity contribution in [3.05, 3.63) is 41.7 Å². The second-order valence-electron chi connectivity index (χ2n) is 5.79. The second kappa shape index (κ2) is 8.93. The smallest absolute Gasteiger partial charge is 0.231 e. The average Bonchev–Trinajstić information content (AvgIpc) is 3.19. The maximum atomic E-state index is 5.41. The fraction of sp³-hybridized carbons (Fsp3) is 0.412. The number of nitrogens with one attached hydrogen (secondary N) is 1. The minimum absolute atomic E-state index is 0. The van der Waals surface area contributed by atoms with Gasteiger partial charge in [0.25, 0.3) is 0 Å². The van der Waals surface area contributed by atoms with Gasteiger partial charge >= 0.3 is 0 Å².